The first-order valence-electron chi connectivity index (χ1n) is 8.26. The van der Waals surface area contributed by atoms with Crippen LogP contribution in [0.4, 0.5) is 0 Å². The number of rotatable bonds is 11. The fourth-order valence-electron chi connectivity index (χ4n) is 2.17. The smallest absolute Gasteiger partial charge is 0.512 e. The summed E-state index contributed by atoms with van der Waals surface area (Å²) in [5, 5.41) is 6.25. The van der Waals surface area contributed by atoms with Crippen LogP contribution in [0.25, 0.3) is 0 Å². The Hall–Kier alpha value is -0.811. The minimum atomic E-state index is 0. The molecule has 23 heavy (non-hydrogen) atoms. The monoisotopic (exact) mass is 378 g/mol. The third kappa shape index (κ3) is 15.8. The number of hydrogen-bond donors (Lipinski definition) is 0. The second-order valence-corrected chi connectivity index (χ2v) is 6.43. The molecular formula is C20H29CuNS. The third-order valence-corrected chi connectivity index (χ3v) is 4.29. The Morgan fingerprint density at radius 1 is 1.04 bits per heavy atom. The quantitative estimate of drug-likeness (QED) is 0.177. The molecule has 0 amide bonds. The molecule has 0 saturated carbocycles. The zero-order valence-corrected chi connectivity index (χ0v) is 16.1. The molecule has 0 N–H and O–H groups in total. The van der Waals surface area contributed by atoms with E-state index in [1.54, 1.807) is 11.8 Å². The summed E-state index contributed by atoms with van der Waals surface area (Å²) in [5.41, 5.74) is 1.50. The van der Waals surface area contributed by atoms with E-state index < -0.39 is 0 Å². The second kappa shape index (κ2) is 19.2. The Balaban J connectivity index is 0. The molecule has 1 nitrogen and oxygen atoms in total. The van der Waals surface area contributed by atoms with Crippen molar-refractivity contribution in [3.8, 4) is 0 Å². The van der Waals surface area contributed by atoms with Gasteiger partial charge in [-0.3, -0.25) is 0 Å². The van der Waals surface area contributed by atoms with Crippen LogP contribution in [0, 0.1) is 17.6 Å². The van der Waals surface area contributed by atoms with Gasteiger partial charge in [0.2, 0.25) is 0 Å². The van der Waals surface area contributed by atoms with Gasteiger partial charge < -0.3 is 11.8 Å². The summed E-state index contributed by atoms with van der Waals surface area (Å²) in [6.45, 7) is 9.28. The molecule has 1 aromatic rings. The predicted octanol–water partition coefficient (Wildman–Crippen LogP) is 7.12. The molecule has 3 heteroatoms. The number of thioether (sulfide) groups is 1. The molecule has 0 saturated heterocycles. The fraction of sp³-hybridized carbons (Fsp3) is 0.500. The zero-order valence-electron chi connectivity index (χ0n) is 14.4. The van der Waals surface area contributed by atoms with Crippen molar-refractivity contribution in [2.24, 2.45) is 0 Å². The van der Waals surface area contributed by atoms with Crippen LogP contribution in [-0.2, 0) is 17.1 Å². The molecule has 0 aromatic heterocycles. The molecule has 0 aliphatic heterocycles. The van der Waals surface area contributed by atoms with Crippen LogP contribution in [0.15, 0.2) is 46.9 Å². The summed E-state index contributed by atoms with van der Waals surface area (Å²) in [4.78, 5) is 1.31. The average Bonchev–Trinajstić information content (AvgIpc) is 2.57. The molecule has 0 bridgehead atoms. The van der Waals surface area contributed by atoms with Crippen LogP contribution >= 0.6 is 11.8 Å². The number of nitrogens with zero attached hydrogens (tertiary/aromatic N) is 1. The Bertz CT molecular complexity index is 401. The van der Waals surface area contributed by atoms with Crippen molar-refractivity contribution in [1.82, 2.24) is 0 Å². The summed E-state index contributed by atoms with van der Waals surface area (Å²) >= 11 is 1.80. The van der Waals surface area contributed by atoms with Crippen molar-refractivity contribution in [2.75, 3.05) is 0 Å². The summed E-state index contributed by atoms with van der Waals surface area (Å²) in [5.74, 6) is 2.21. The van der Waals surface area contributed by atoms with Crippen LogP contribution in [0.2, 0.25) is 0 Å². The van der Waals surface area contributed by atoms with Crippen molar-refractivity contribution in [1.29, 1.82) is 5.26 Å². The van der Waals surface area contributed by atoms with E-state index in [-0.39, 0.29) is 17.1 Å². The number of allylic oxidation sites excluding steroid dienone is 1. The molecule has 0 unspecified atom stereocenters. The number of benzene rings is 1. The minimum absolute atomic E-state index is 0. The van der Waals surface area contributed by atoms with Gasteiger partial charge in [0.05, 0.1) is 0 Å². The van der Waals surface area contributed by atoms with E-state index in [1.807, 2.05) is 0 Å². The van der Waals surface area contributed by atoms with Gasteiger partial charge in [0.1, 0.15) is 0 Å². The van der Waals surface area contributed by atoms with Gasteiger partial charge in [0, 0.05) is 0 Å². The van der Waals surface area contributed by atoms with Gasteiger partial charge in [-0.05, 0) is 17.0 Å². The van der Waals surface area contributed by atoms with Gasteiger partial charge in [-0.2, -0.15) is 17.5 Å². The molecular weight excluding hydrogens is 350 g/mol. The molecule has 0 aliphatic carbocycles. The summed E-state index contributed by atoms with van der Waals surface area (Å²) in [7, 11) is 0. The molecule has 1 rings (SSSR count). The molecule has 131 valence electrons. The van der Waals surface area contributed by atoms with Gasteiger partial charge in [0.15, 0.2) is 0 Å². The summed E-state index contributed by atoms with van der Waals surface area (Å²) < 4.78 is 0. The SMILES string of the molecule is CCCCCCCCC/C(C)=C/[CH-]Sc1ccccc1.[C-]#N.[Cu+2]. The maximum absolute atomic E-state index is 6.25. The van der Waals surface area contributed by atoms with Crippen molar-refractivity contribution in [3.05, 3.63) is 54.3 Å². The molecule has 0 aliphatic rings. The standard InChI is InChI=1S/C19H29S.CN.Cu/c1-3-4-5-6-7-8-10-13-18(2)16-17-20-19-14-11-9-12-15-19;1-2;/h9,11-12,14-17H,3-8,10,13H2,1-2H3;;/q2*-1;+2/b18-16+;;. The normalized spacial score (nSPS) is 10.2. The Morgan fingerprint density at radius 2 is 1.61 bits per heavy atom. The topological polar surface area (TPSA) is 23.8 Å². The summed E-state index contributed by atoms with van der Waals surface area (Å²) in [6, 6.07) is 10.5. The van der Waals surface area contributed by atoms with Crippen LogP contribution < -0.4 is 0 Å². The Labute approximate surface area is 158 Å². The van der Waals surface area contributed by atoms with E-state index in [2.05, 4.69) is 56.0 Å². The first kappa shape index (κ1) is 24.4. The minimum Gasteiger partial charge on any atom is -0.512 e. The average molecular weight is 379 g/mol. The van der Waals surface area contributed by atoms with Gasteiger partial charge in [0.25, 0.3) is 0 Å². The van der Waals surface area contributed by atoms with E-state index in [0.717, 1.165) is 0 Å². The molecule has 1 aromatic carbocycles. The zero-order chi connectivity index (χ0) is 16.5. The van der Waals surface area contributed by atoms with E-state index in [9.17, 15) is 0 Å². The fourth-order valence-corrected chi connectivity index (χ4v) is 2.94. The first-order chi connectivity index (χ1) is 10.8. The Morgan fingerprint density at radius 3 is 2.22 bits per heavy atom. The Kier molecular flexibility index (Phi) is 20.4. The molecule has 1 radical (unpaired) electrons. The summed E-state index contributed by atoms with van der Waals surface area (Å²) in [6.07, 6.45) is 13.3. The molecule has 0 heterocycles. The van der Waals surface area contributed by atoms with E-state index in [0.29, 0.717) is 0 Å². The predicted molar refractivity (Wildman–Crippen MR) is 97.9 cm³/mol. The molecule has 0 fully saturated rings. The third-order valence-electron chi connectivity index (χ3n) is 3.47. The van der Waals surface area contributed by atoms with Gasteiger partial charge >= 0.3 is 17.1 Å². The second-order valence-electron chi connectivity index (χ2n) is 5.45. The van der Waals surface area contributed by atoms with E-state index in [4.69, 9.17) is 11.8 Å². The maximum Gasteiger partial charge on any atom is 2.00 e. The van der Waals surface area contributed by atoms with Crippen molar-refractivity contribution < 1.29 is 17.1 Å². The van der Waals surface area contributed by atoms with Crippen LogP contribution in [0.1, 0.15) is 65.2 Å². The van der Waals surface area contributed by atoms with Crippen molar-refractivity contribution in [2.45, 2.75) is 70.1 Å². The number of hydrogen-bond acceptors (Lipinski definition) is 2. The van der Waals surface area contributed by atoms with Gasteiger partial charge in [-0.1, -0.05) is 76.5 Å². The molecule has 0 atom stereocenters. The van der Waals surface area contributed by atoms with E-state index >= 15 is 0 Å². The first-order valence-corrected chi connectivity index (χ1v) is 9.14. The van der Waals surface area contributed by atoms with Crippen LogP contribution in [-0.4, -0.2) is 0 Å². The van der Waals surface area contributed by atoms with Crippen molar-refractivity contribution in [3.63, 3.8) is 0 Å². The molecule has 0 spiro atoms. The van der Waals surface area contributed by atoms with Crippen molar-refractivity contribution >= 4 is 11.8 Å². The van der Waals surface area contributed by atoms with Crippen LogP contribution in [0.3, 0.4) is 0 Å². The maximum atomic E-state index is 6.25. The van der Waals surface area contributed by atoms with Gasteiger partial charge in [-0.25, -0.2) is 11.6 Å². The largest absolute Gasteiger partial charge is 2.00 e. The van der Waals surface area contributed by atoms with Gasteiger partial charge in [-0.15, -0.1) is 6.92 Å². The van der Waals surface area contributed by atoms with E-state index in [1.165, 1.54) is 61.8 Å². The van der Waals surface area contributed by atoms with Crippen LogP contribution in [0.5, 0.6) is 0 Å². The number of unbranched alkanes of at least 4 members (excludes halogenated alkanes) is 6.